The summed E-state index contributed by atoms with van der Waals surface area (Å²) in [6, 6.07) is 15.2. The third-order valence-corrected chi connectivity index (χ3v) is 6.89. The minimum atomic E-state index is -0.00695. The van der Waals surface area contributed by atoms with E-state index in [0.29, 0.717) is 13.0 Å². The smallest absolute Gasteiger partial charge is 0.119 e. The number of carbonyl (C=O) groups is 1. The van der Waals surface area contributed by atoms with Crippen molar-refractivity contribution in [2.75, 3.05) is 6.61 Å². The van der Waals surface area contributed by atoms with Crippen LogP contribution in [0.2, 0.25) is 0 Å². The van der Waals surface area contributed by atoms with E-state index in [-0.39, 0.29) is 6.10 Å². The molecule has 1 unspecified atom stereocenters. The second-order valence-corrected chi connectivity index (χ2v) is 9.39. The van der Waals surface area contributed by atoms with Gasteiger partial charge < -0.3 is 14.1 Å². The summed E-state index contributed by atoms with van der Waals surface area (Å²) in [4.78, 5) is 11.0. The molecule has 0 bridgehead atoms. The molecule has 1 heterocycles. The van der Waals surface area contributed by atoms with E-state index in [0.717, 1.165) is 44.1 Å². The summed E-state index contributed by atoms with van der Waals surface area (Å²) in [7, 11) is 0. The van der Waals surface area contributed by atoms with Gasteiger partial charge in [0.25, 0.3) is 0 Å². The topological polar surface area (TPSA) is 31.2 Å². The van der Waals surface area contributed by atoms with E-state index in [2.05, 4.69) is 104 Å². The fourth-order valence-electron chi connectivity index (χ4n) is 4.95. The van der Waals surface area contributed by atoms with Crippen molar-refractivity contribution < 1.29 is 9.53 Å². The lowest BCUT2D eigenvalue weighted by molar-refractivity contribution is -0.108. The number of aldehydes is 1. The molecule has 0 amide bonds. The number of ether oxygens (including phenoxy) is 1. The zero-order valence-electron chi connectivity index (χ0n) is 21.6. The van der Waals surface area contributed by atoms with E-state index < -0.39 is 0 Å². The van der Waals surface area contributed by atoms with Gasteiger partial charge >= 0.3 is 0 Å². The molecule has 3 aromatic rings. The molecule has 1 atom stereocenters. The number of aromatic nitrogens is 1. The van der Waals surface area contributed by atoms with Gasteiger partial charge in [0.05, 0.1) is 12.7 Å². The first-order valence-corrected chi connectivity index (χ1v) is 13.1. The number of benzene rings is 2. The lowest BCUT2D eigenvalue weighted by Gasteiger charge is -2.21. The van der Waals surface area contributed by atoms with Crippen molar-refractivity contribution in [1.29, 1.82) is 0 Å². The number of hydrogen-bond donors (Lipinski definition) is 0. The van der Waals surface area contributed by atoms with E-state index >= 15 is 0 Å². The maximum atomic E-state index is 11.0. The van der Waals surface area contributed by atoms with Crippen molar-refractivity contribution in [3.8, 4) is 11.1 Å². The first kappa shape index (κ1) is 25.7. The van der Waals surface area contributed by atoms with Crippen molar-refractivity contribution >= 4 is 29.3 Å². The highest BCUT2D eigenvalue weighted by Crippen LogP contribution is 2.40. The maximum absolute atomic E-state index is 11.0. The van der Waals surface area contributed by atoms with Crippen molar-refractivity contribution in [3.63, 3.8) is 0 Å². The van der Waals surface area contributed by atoms with Gasteiger partial charge in [0, 0.05) is 35.1 Å². The molecule has 1 aliphatic carbocycles. The molecule has 36 heavy (non-hydrogen) atoms. The molecule has 3 heteroatoms. The molecule has 0 saturated carbocycles. The van der Waals surface area contributed by atoms with Crippen molar-refractivity contribution in [3.05, 3.63) is 95.7 Å². The Kier molecular flexibility index (Phi) is 8.91. The molecule has 4 rings (SSSR count). The largest absolute Gasteiger partial charge is 0.372 e. The normalized spacial score (nSPS) is 13.7. The van der Waals surface area contributed by atoms with Gasteiger partial charge in [0.1, 0.15) is 6.29 Å². The number of nitrogens with zero attached hydrogens (tertiary/aromatic N) is 1. The second-order valence-electron chi connectivity index (χ2n) is 9.39. The Labute approximate surface area is 215 Å². The first-order chi connectivity index (χ1) is 17.7. The summed E-state index contributed by atoms with van der Waals surface area (Å²) >= 11 is 0. The Hall–Kier alpha value is -3.43. The van der Waals surface area contributed by atoms with Crippen LogP contribution in [0.5, 0.6) is 0 Å². The van der Waals surface area contributed by atoms with E-state index in [9.17, 15) is 4.79 Å². The highest BCUT2D eigenvalue weighted by molar-refractivity contribution is 6.06. The molecule has 0 aliphatic heterocycles. The molecule has 3 nitrogen and oxygen atoms in total. The van der Waals surface area contributed by atoms with Gasteiger partial charge in [-0.05, 0) is 61.4 Å². The van der Waals surface area contributed by atoms with Gasteiger partial charge in [-0.15, -0.1) is 0 Å². The van der Waals surface area contributed by atoms with Crippen molar-refractivity contribution in [1.82, 2.24) is 4.57 Å². The molecule has 2 aromatic carbocycles. The standard InChI is InChI=1S/C33H37NO2/c1-4-14-30-32(27-16-9-6-10-17-27)33-29-19-11-7-8-15-26(29)20-21-31(33)34(30)23-28(18-12-13-22-35)36-24-25(3)5-2/h4,6-11,14,16-17,19-22,28H,3,5,12-13,15,18,23-24H2,1-2H3/b14-4-. The highest BCUT2D eigenvalue weighted by Gasteiger charge is 2.23. The second kappa shape index (κ2) is 12.5. The van der Waals surface area contributed by atoms with Gasteiger partial charge in [0.2, 0.25) is 0 Å². The summed E-state index contributed by atoms with van der Waals surface area (Å²) < 4.78 is 8.81. The van der Waals surface area contributed by atoms with E-state index in [1.807, 2.05) is 0 Å². The van der Waals surface area contributed by atoms with Crippen LogP contribution in [0.15, 0.2) is 78.9 Å². The lowest BCUT2D eigenvalue weighted by atomic mass is 9.94. The fourth-order valence-corrected chi connectivity index (χ4v) is 4.95. The monoisotopic (exact) mass is 479 g/mol. The minimum Gasteiger partial charge on any atom is -0.372 e. The molecule has 0 saturated heterocycles. The first-order valence-electron chi connectivity index (χ1n) is 13.1. The Morgan fingerprint density at radius 3 is 2.75 bits per heavy atom. The van der Waals surface area contributed by atoms with Gasteiger partial charge in [-0.3, -0.25) is 0 Å². The number of unbranched alkanes of at least 4 members (excludes halogenated alkanes) is 1. The van der Waals surface area contributed by atoms with Crippen LogP contribution in [0.4, 0.5) is 0 Å². The molecule has 0 radical (unpaired) electrons. The fraction of sp³-hybridized carbons (Fsp3) is 0.303. The number of carbonyl (C=O) groups excluding carboxylic acids is 1. The average molecular weight is 480 g/mol. The van der Waals surface area contributed by atoms with Crippen LogP contribution in [0.25, 0.3) is 34.2 Å². The predicted molar refractivity (Wildman–Crippen MR) is 153 cm³/mol. The van der Waals surface area contributed by atoms with Crippen molar-refractivity contribution in [2.45, 2.75) is 58.6 Å². The maximum Gasteiger partial charge on any atom is 0.119 e. The summed E-state index contributed by atoms with van der Waals surface area (Å²) in [6.07, 6.45) is 18.1. The van der Waals surface area contributed by atoms with Crippen LogP contribution >= 0.6 is 0 Å². The van der Waals surface area contributed by atoms with Gasteiger partial charge in [-0.2, -0.15) is 0 Å². The Balaban J connectivity index is 1.90. The SMILES string of the molecule is C=C(CC)COC(CCCC=O)Cn1c(/C=C\C)c(-c2ccccc2)c2c3c(ccc21)CC=CC=C3. The number of hydrogen-bond acceptors (Lipinski definition) is 2. The molecule has 1 aromatic heterocycles. The van der Waals surface area contributed by atoms with Crippen LogP contribution < -0.4 is 0 Å². The van der Waals surface area contributed by atoms with E-state index in [4.69, 9.17) is 4.74 Å². The Morgan fingerprint density at radius 1 is 1.17 bits per heavy atom. The molecule has 0 N–H and O–H groups in total. The molecule has 0 fully saturated rings. The molecular weight excluding hydrogens is 442 g/mol. The lowest BCUT2D eigenvalue weighted by Crippen LogP contribution is -2.22. The summed E-state index contributed by atoms with van der Waals surface area (Å²) in [5.41, 5.74) is 8.60. The Morgan fingerprint density at radius 2 is 2.00 bits per heavy atom. The third-order valence-electron chi connectivity index (χ3n) is 6.89. The van der Waals surface area contributed by atoms with Gasteiger partial charge in [-0.25, -0.2) is 0 Å². The minimum absolute atomic E-state index is 0.00695. The Bertz CT molecular complexity index is 1290. The van der Waals surface area contributed by atoms with Crippen LogP contribution in [0.1, 0.15) is 56.4 Å². The van der Waals surface area contributed by atoms with Crippen LogP contribution in [0.3, 0.4) is 0 Å². The third kappa shape index (κ3) is 5.68. The quantitative estimate of drug-likeness (QED) is 0.149. The number of fused-ring (bicyclic) bond motifs is 3. The van der Waals surface area contributed by atoms with E-state index in [1.54, 1.807) is 0 Å². The van der Waals surface area contributed by atoms with Crippen molar-refractivity contribution in [2.24, 2.45) is 0 Å². The molecular formula is C33H37NO2. The zero-order chi connectivity index (χ0) is 25.3. The summed E-state index contributed by atoms with van der Waals surface area (Å²) in [6.45, 7) is 9.59. The number of allylic oxidation sites excluding steroid dienone is 4. The summed E-state index contributed by atoms with van der Waals surface area (Å²) in [5.74, 6) is 0. The molecule has 186 valence electrons. The summed E-state index contributed by atoms with van der Waals surface area (Å²) in [5, 5.41) is 1.29. The number of rotatable bonds is 12. The van der Waals surface area contributed by atoms with Crippen LogP contribution in [0, 0.1) is 0 Å². The molecule has 0 spiro atoms. The van der Waals surface area contributed by atoms with Gasteiger partial charge in [0.15, 0.2) is 0 Å². The van der Waals surface area contributed by atoms with Crippen LogP contribution in [-0.4, -0.2) is 23.6 Å². The van der Waals surface area contributed by atoms with Crippen LogP contribution in [-0.2, 0) is 22.5 Å². The predicted octanol–water partition coefficient (Wildman–Crippen LogP) is 8.19. The van der Waals surface area contributed by atoms with E-state index in [1.165, 1.54) is 38.9 Å². The molecule has 1 aliphatic rings. The zero-order valence-corrected chi connectivity index (χ0v) is 21.6. The highest BCUT2D eigenvalue weighted by atomic mass is 16.5. The average Bonchev–Trinajstić information content (AvgIpc) is 3.04. The van der Waals surface area contributed by atoms with Gasteiger partial charge in [-0.1, -0.05) is 85.9 Å².